The molecule has 0 aliphatic heterocycles. The van der Waals surface area contributed by atoms with Gasteiger partial charge in [0.1, 0.15) is 0 Å². The van der Waals surface area contributed by atoms with Crippen LogP contribution in [0.25, 0.3) is 0 Å². The topological polar surface area (TPSA) is 46.2 Å². The molecular weight excluding hydrogens is 294 g/mol. The van der Waals surface area contributed by atoms with Crippen LogP contribution in [0.3, 0.4) is 0 Å². The zero-order valence-corrected chi connectivity index (χ0v) is 14.6. The Kier molecular flexibility index (Phi) is 4.73. The van der Waals surface area contributed by atoms with Crippen LogP contribution in [0.4, 0.5) is 0 Å². The van der Waals surface area contributed by atoms with E-state index in [0.717, 1.165) is 27.8 Å². The fourth-order valence-electron chi connectivity index (χ4n) is 2.69. The largest absolute Gasteiger partial charge is 0.241 e. The first kappa shape index (κ1) is 16.7. The van der Waals surface area contributed by atoms with Gasteiger partial charge in [-0.3, -0.25) is 0 Å². The van der Waals surface area contributed by atoms with Crippen LogP contribution in [0, 0.1) is 27.7 Å². The Morgan fingerprint density at radius 1 is 0.909 bits per heavy atom. The van der Waals surface area contributed by atoms with Crippen LogP contribution in [0.1, 0.15) is 40.8 Å². The summed E-state index contributed by atoms with van der Waals surface area (Å²) in [6.45, 7) is 9.48. The monoisotopic (exact) mass is 317 g/mol. The first-order chi connectivity index (χ1) is 10.2. The number of sulfonamides is 1. The summed E-state index contributed by atoms with van der Waals surface area (Å²) in [4.78, 5) is 0.410. The summed E-state index contributed by atoms with van der Waals surface area (Å²) in [5.74, 6) is 0. The summed E-state index contributed by atoms with van der Waals surface area (Å²) >= 11 is 0. The zero-order valence-electron chi connectivity index (χ0n) is 13.8. The summed E-state index contributed by atoms with van der Waals surface area (Å²) < 4.78 is 28.5. The number of rotatable bonds is 4. The SMILES string of the molecule is Cc1cc(C)c(C)c(S(=O)(=O)NC(C)c2ccccc2)c1C. The number of benzene rings is 2. The summed E-state index contributed by atoms with van der Waals surface area (Å²) in [5.41, 5.74) is 4.57. The first-order valence-corrected chi connectivity index (χ1v) is 8.87. The van der Waals surface area contributed by atoms with E-state index in [0.29, 0.717) is 4.90 Å². The molecule has 1 atom stereocenters. The van der Waals surface area contributed by atoms with E-state index in [2.05, 4.69) is 4.72 Å². The van der Waals surface area contributed by atoms with E-state index in [4.69, 9.17) is 0 Å². The molecule has 0 heterocycles. The minimum absolute atomic E-state index is 0.272. The maximum Gasteiger partial charge on any atom is 0.241 e. The zero-order chi connectivity index (χ0) is 16.5. The van der Waals surface area contributed by atoms with E-state index >= 15 is 0 Å². The molecule has 0 bridgehead atoms. The average molecular weight is 317 g/mol. The summed E-state index contributed by atoms with van der Waals surface area (Å²) in [6, 6.07) is 11.3. The second kappa shape index (κ2) is 6.23. The normalized spacial score (nSPS) is 13.1. The smallest absolute Gasteiger partial charge is 0.207 e. The molecule has 3 nitrogen and oxygen atoms in total. The number of hydrogen-bond donors (Lipinski definition) is 1. The third-order valence-corrected chi connectivity index (χ3v) is 6.01. The van der Waals surface area contributed by atoms with Gasteiger partial charge in [-0.05, 0) is 62.4 Å². The fourth-order valence-corrected chi connectivity index (χ4v) is 4.53. The standard InChI is InChI=1S/C18H23NO2S/c1-12-11-13(2)15(4)18(14(12)3)22(20,21)19-16(5)17-9-7-6-8-10-17/h6-11,16,19H,1-5H3. The molecule has 0 aliphatic rings. The Balaban J connectivity index is 2.44. The van der Waals surface area contributed by atoms with Crippen molar-refractivity contribution < 1.29 is 8.42 Å². The second-order valence-electron chi connectivity index (χ2n) is 5.84. The molecule has 1 unspecified atom stereocenters. The third kappa shape index (κ3) is 3.23. The van der Waals surface area contributed by atoms with Crippen molar-refractivity contribution in [3.63, 3.8) is 0 Å². The predicted molar refractivity (Wildman–Crippen MR) is 90.6 cm³/mol. The van der Waals surface area contributed by atoms with Crippen molar-refractivity contribution in [3.8, 4) is 0 Å². The molecule has 0 aliphatic carbocycles. The van der Waals surface area contributed by atoms with Gasteiger partial charge in [0.05, 0.1) is 4.90 Å². The lowest BCUT2D eigenvalue weighted by Gasteiger charge is -2.19. The van der Waals surface area contributed by atoms with Crippen molar-refractivity contribution in [3.05, 3.63) is 64.2 Å². The van der Waals surface area contributed by atoms with Gasteiger partial charge in [0.2, 0.25) is 10.0 Å². The number of hydrogen-bond acceptors (Lipinski definition) is 2. The van der Waals surface area contributed by atoms with Gasteiger partial charge in [-0.15, -0.1) is 0 Å². The highest BCUT2D eigenvalue weighted by Gasteiger charge is 2.24. The van der Waals surface area contributed by atoms with Gasteiger partial charge in [-0.25, -0.2) is 13.1 Å². The van der Waals surface area contributed by atoms with Crippen molar-refractivity contribution in [2.24, 2.45) is 0 Å². The lowest BCUT2D eigenvalue weighted by molar-refractivity contribution is 0.565. The highest BCUT2D eigenvalue weighted by molar-refractivity contribution is 7.89. The molecule has 0 aromatic heterocycles. The van der Waals surface area contributed by atoms with Gasteiger partial charge in [-0.2, -0.15) is 0 Å². The van der Waals surface area contributed by atoms with Crippen molar-refractivity contribution in [1.29, 1.82) is 0 Å². The Bertz CT molecular complexity index is 754. The average Bonchev–Trinajstić information content (AvgIpc) is 2.45. The van der Waals surface area contributed by atoms with E-state index in [1.807, 2.05) is 71.0 Å². The lowest BCUT2D eigenvalue weighted by Crippen LogP contribution is -2.28. The molecule has 4 heteroatoms. The molecule has 118 valence electrons. The molecule has 0 saturated carbocycles. The van der Waals surface area contributed by atoms with Crippen molar-refractivity contribution >= 4 is 10.0 Å². The van der Waals surface area contributed by atoms with E-state index in [1.54, 1.807) is 0 Å². The van der Waals surface area contributed by atoms with E-state index in [1.165, 1.54) is 0 Å². The first-order valence-electron chi connectivity index (χ1n) is 7.38. The van der Waals surface area contributed by atoms with Crippen molar-refractivity contribution in [2.45, 2.75) is 45.6 Å². The van der Waals surface area contributed by atoms with Gasteiger partial charge in [0.15, 0.2) is 0 Å². The molecule has 0 amide bonds. The second-order valence-corrected chi connectivity index (χ2v) is 7.49. The Morgan fingerprint density at radius 2 is 1.41 bits per heavy atom. The Hall–Kier alpha value is -1.65. The number of aryl methyl sites for hydroxylation is 2. The van der Waals surface area contributed by atoms with Crippen LogP contribution in [0.5, 0.6) is 0 Å². The predicted octanol–water partition coefficient (Wildman–Crippen LogP) is 3.96. The van der Waals surface area contributed by atoms with Gasteiger partial charge < -0.3 is 0 Å². The quantitative estimate of drug-likeness (QED) is 0.928. The highest BCUT2D eigenvalue weighted by atomic mass is 32.2. The Labute approximate surface area is 133 Å². The van der Waals surface area contributed by atoms with Crippen LogP contribution >= 0.6 is 0 Å². The van der Waals surface area contributed by atoms with E-state index in [-0.39, 0.29) is 6.04 Å². The van der Waals surface area contributed by atoms with Gasteiger partial charge in [-0.1, -0.05) is 36.4 Å². The van der Waals surface area contributed by atoms with Gasteiger partial charge in [0, 0.05) is 6.04 Å². The minimum atomic E-state index is -3.56. The molecule has 22 heavy (non-hydrogen) atoms. The van der Waals surface area contributed by atoms with Crippen LogP contribution in [-0.4, -0.2) is 8.42 Å². The molecule has 0 saturated heterocycles. The fraction of sp³-hybridized carbons (Fsp3) is 0.333. The summed E-state index contributed by atoms with van der Waals surface area (Å²) in [5, 5.41) is 0. The summed E-state index contributed by atoms with van der Waals surface area (Å²) in [6.07, 6.45) is 0. The van der Waals surface area contributed by atoms with Gasteiger partial charge >= 0.3 is 0 Å². The maximum atomic E-state index is 12.9. The Morgan fingerprint density at radius 3 is 1.91 bits per heavy atom. The summed E-state index contributed by atoms with van der Waals surface area (Å²) in [7, 11) is -3.56. The van der Waals surface area contributed by atoms with Crippen LogP contribution in [-0.2, 0) is 10.0 Å². The molecule has 0 spiro atoms. The molecular formula is C18H23NO2S. The van der Waals surface area contributed by atoms with E-state index in [9.17, 15) is 8.42 Å². The minimum Gasteiger partial charge on any atom is -0.207 e. The molecule has 0 radical (unpaired) electrons. The lowest BCUT2D eigenvalue weighted by atomic mass is 10.0. The number of nitrogens with one attached hydrogen (secondary N) is 1. The van der Waals surface area contributed by atoms with Crippen LogP contribution in [0.15, 0.2) is 41.3 Å². The van der Waals surface area contributed by atoms with Crippen molar-refractivity contribution in [1.82, 2.24) is 4.72 Å². The highest BCUT2D eigenvalue weighted by Crippen LogP contribution is 2.27. The molecule has 2 rings (SSSR count). The maximum absolute atomic E-state index is 12.9. The van der Waals surface area contributed by atoms with Crippen LogP contribution < -0.4 is 4.72 Å². The van der Waals surface area contributed by atoms with Gasteiger partial charge in [0.25, 0.3) is 0 Å². The van der Waals surface area contributed by atoms with Crippen molar-refractivity contribution in [2.75, 3.05) is 0 Å². The van der Waals surface area contributed by atoms with Crippen LogP contribution in [0.2, 0.25) is 0 Å². The van der Waals surface area contributed by atoms with E-state index < -0.39 is 10.0 Å². The third-order valence-electron chi connectivity index (χ3n) is 4.20. The molecule has 2 aromatic carbocycles. The molecule has 0 fully saturated rings. The molecule has 1 N–H and O–H groups in total. The molecule has 2 aromatic rings.